The standard InChI is InChI=1S/C25H21F6NO5S2/c1-23(2,39(36,37)21-11-5-8-18(14-21)25(29,30)31)22(33)32-15-16-6-3-9-19(12-16)38(34,35)20-10-4-7-17(13-20)24(26,27)28/h3-14H,15H2,1-2H3,(H,32,33). The van der Waals surface area contributed by atoms with Crippen LogP contribution in [0.15, 0.2) is 87.5 Å². The summed E-state index contributed by atoms with van der Waals surface area (Å²) < 4.78 is 128. The van der Waals surface area contributed by atoms with E-state index in [2.05, 4.69) is 5.32 Å². The fourth-order valence-corrected chi connectivity index (χ4v) is 6.27. The summed E-state index contributed by atoms with van der Waals surface area (Å²) >= 11 is 0. The summed E-state index contributed by atoms with van der Waals surface area (Å²) in [7, 11) is -9.00. The van der Waals surface area contributed by atoms with Crippen molar-refractivity contribution in [2.24, 2.45) is 0 Å². The van der Waals surface area contributed by atoms with Gasteiger partial charge in [0.15, 0.2) is 9.84 Å². The zero-order valence-corrected chi connectivity index (χ0v) is 21.9. The lowest BCUT2D eigenvalue weighted by Crippen LogP contribution is -2.47. The zero-order chi connectivity index (χ0) is 29.4. The molecule has 210 valence electrons. The quantitative estimate of drug-likeness (QED) is 0.369. The van der Waals surface area contributed by atoms with Crippen molar-refractivity contribution in [1.82, 2.24) is 5.32 Å². The SMILES string of the molecule is CC(C)(C(=O)NCc1cccc(S(=O)(=O)c2cccc(C(F)(F)F)c2)c1)S(=O)(=O)c1cccc(C(F)(F)F)c1. The van der Waals surface area contributed by atoms with Gasteiger partial charge in [-0.15, -0.1) is 0 Å². The molecule has 0 bridgehead atoms. The molecule has 1 N–H and O–H groups in total. The molecule has 3 rings (SSSR count). The minimum atomic E-state index is -4.81. The minimum absolute atomic E-state index is 0.170. The van der Waals surface area contributed by atoms with Gasteiger partial charge in [0.2, 0.25) is 15.7 Å². The van der Waals surface area contributed by atoms with Crippen LogP contribution in [0.5, 0.6) is 0 Å². The summed E-state index contributed by atoms with van der Waals surface area (Å²) in [6, 6.07) is 11.0. The number of benzene rings is 3. The predicted molar refractivity (Wildman–Crippen MR) is 128 cm³/mol. The van der Waals surface area contributed by atoms with Gasteiger partial charge in [0.05, 0.1) is 25.8 Å². The highest BCUT2D eigenvalue weighted by atomic mass is 32.2. The molecule has 14 heteroatoms. The van der Waals surface area contributed by atoms with Crippen LogP contribution in [0.3, 0.4) is 0 Å². The smallest absolute Gasteiger partial charge is 0.351 e. The Labute approximate surface area is 220 Å². The molecule has 3 aromatic carbocycles. The molecule has 0 heterocycles. The molecule has 0 saturated heterocycles. The van der Waals surface area contributed by atoms with E-state index in [0.29, 0.717) is 18.2 Å². The van der Waals surface area contributed by atoms with E-state index >= 15 is 0 Å². The number of carbonyl (C=O) groups excluding carboxylic acids is 1. The van der Waals surface area contributed by atoms with Gasteiger partial charge < -0.3 is 5.32 Å². The van der Waals surface area contributed by atoms with Crippen LogP contribution >= 0.6 is 0 Å². The van der Waals surface area contributed by atoms with Crippen molar-refractivity contribution in [2.75, 3.05) is 0 Å². The van der Waals surface area contributed by atoms with Crippen LogP contribution in [0.1, 0.15) is 30.5 Å². The summed E-state index contributed by atoms with van der Waals surface area (Å²) in [5, 5.41) is 2.32. The summed E-state index contributed by atoms with van der Waals surface area (Å²) in [6.07, 6.45) is -9.57. The largest absolute Gasteiger partial charge is 0.416 e. The van der Waals surface area contributed by atoms with Crippen LogP contribution in [0.4, 0.5) is 26.3 Å². The molecular formula is C25H21F6NO5S2. The van der Waals surface area contributed by atoms with E-state index in [1.165, 1.54) is 12.1 Å². The molecule has 0 aromatic heterocycles. The number of hydrogen-bond donors (Lipinski definition) is 1. The van der Waals surface area contributed by atoms with E-state index in [0.717, 1.165) is 56.3 Å². The third kappa shape index (κ3) is 6.27. The van der Waals surface area contributed by atoms with Gasteiger partial charge in [0, 0.05) is 6.54 Å². The van der Waals surface area contributed by atoms with Gasteiger partial charge in [-0.1, -0.05) is 24.3 Å². The third-order valence-electron chi connectivity index (χ3n) is 5.82. The summed E-state index contributed by atoms with van der Waals surface area (Å²) in [6.45, 7) is 1.63. The molecule has 0 radical (unpaired) electrons. The number of alkyl halides is 6. The number of hydrogen-bond acceptors (Lipinski definition) is 5. The number of sulfone groups is 2. The molecule has 6 nitrogen and oxygen atoms in total. The van der Waals surface area contributed by atoms with Crippen LogP contribution in [-0.4, -0.2) is 27.5 Å². The van der Waals surface area contributed by atoms with E-state index in [-0.39, 0.29) is 17.0 Å². The van der Waals surface area contributed by atoms with E-state index in [1.807, 2.05) is 0 Å². The van der Waals surface area contributed by atoms with Crippen LogP contribution < -0.4 is 5.32 Å². The van der Waals surface area contributed by atoms with Crippen LogP contribution in [-0.2, 0) is 43.4 Å². The predicted octanol–water partition coefficient (Wildman–Crippen LogP) is 5.43. The van der Waals surface area contributed by atoms with E-state index < -0.39 is 63.6 Å². The Morgan fingerprint density at radius 2 is 1.13 bits per heavy atom. The Bertz CT molecular complexity index is 1610. The first-order valence-electron chi connectivity index (χ1n) is 11.0. The fraction of sp³-hybridized carbons (Fsp3) is 0.240. The van der Waals surface area contributed by atoms with Crippen molar-refractivity contribution < 1.29 is 48.0 Å². The lowest BCUT2D eigenvalue weighted by molar-refractivity contribution is -0.138. The first kappa shape index (κ1) is 30.2. The summed E-state index contributed by atoms with van der Waals surface area (Å²) in [4.78, 5) is 11.1. The molecular weight excluding hydrogens is 572 g/mol. The van der Waals surface area contributed by atoms with Gasteiger partial charge >= 0.3 is 12.4 Å². The Balaban J connectivity index is 1.83. The van der Waals surface area contributed by atoms with Gasteiger partial charge in [-0.2, -0.15) is 26.3 Å². The minimum Gasteiger partial charge on any atom is -0.351 e. The molecule has 0 aliphatic heterocycles. The van der Waals surface area contributed by atoms with Crippen molar-refractivity contribution >= 4 is 25.6 Å². The average Bonchev–Trinajstić information content (AvgIpc) is 2.86. The lowest BCUT2D eigenvalue weighted by atomic mass is 10.1. The topological polar surface area (TPSA) is 97.4 Å². The molecule has 3 aromatic rings. The highest BCUT2D eigenvalue weighted by Gasteiger charge is 2.43. The third-order valence-corrected chi connectivity index (χ3v) is 9.98. The number of nitrogens with one attached hydrogen (secondary N) is 1. The number of amides is 1. The number of halogens is 6. The maximum atomic E-state index is 13.0. The summed E-state index contributed by atoms with van der Waals surface area (Å²) in [5.74, 6) is -1.08. The maximum Gasteiger partial charge on any atom is 0.416 e. The van der Waals surface area contributed by atoms with E-state index in [4.69, 9.17) is 0 Å². The second-order valence-corrected chi connectivity index (χ2v) is 13.3. The van der Waals surface area contributed by atoms with Gasteiger partial charge in [-0.25, -0.2) is 16.8 Å². The number of carbonyl (C=O) groups is 1. The summed E-state index contributed by atoms with van der Waals surface area (Å²) in [5.41, 5.74) is -2.20. The van der Waals surface area contributed by atoms with Crippen molar-refractivity contribution in [3.63, 3.8) is 0 Å². The molecule has 0 fully saturated rings. The van der Waals surface area contributed by atoms with Crippen molar-refractivity contribution in [1.29, 1.82) is 0 Å². The van der Waals surface area contributed by atoms with Crippen molar-refractivity contribution in [3.8, 4) is 0 Å². The normalized spacial score (nSPS) is 13.2. The van der Waals surface area contributed by atoms with Crippen molar-refractivity contribution in [2.45, 2.75) is 52.2 Å². The Hall–Kier alpha value is -3.39. The molecule has 0 spiro atoms. The van der Waals surface area contributed by atoms with Gasteiger partial charge in [-0.05, 0) is 67.9 Å². The zero-order valence-electron chi connectivity index (χ0n) is 20.3. The molecule has 0 aliphatic carbocycles. The van der Waals surface area contributed by atoms with E-state index in [9.17, 15) is 48.0 Å². The molecule has 0 atom stereocenters. The highest BCUT2D eigenvalue weighted by molar-refractivity contribution is 7.93. The van der Waals surface area contributed by atoms with Crippen LogP contribution in [0.25, 0.3) is 0 Å². The Kier molecular flexibility index (Phi) is 7.96. The van der Waals surface area contributed by atoms with Gasteiger partial charge in [-0.3, -0.25) is 4.79 Å². The Morgan fingerprint density at radius 3 is 1.64 bits per heavy atom. The average molecular weight is 594 g/mol. The number of rotatable bonds is 7. The fourth-order valence-electron chi connectivity index (χ4n) is 3.45. The monoisotopic (exact) mass is 593 g/mol. The Morgan fingerprint density at radius 1 is 0.692 bits per heavy atom. The van der Waals surface area contributed by atoms with Crippen molar-refractivity contribution in [3.05, 3.63) is 89.5 Å². The van der Waals surface area contributed by atoms with Crippen LogP contribution in [0.2, 0.25) is 0 Å². The molecule has 1 amide bonds. The first-order valence-corrected chi connectivity index (χ1v) is 14.0. The van der Waals surface area contributed by atoms with Gasteiger partial charge in [0.25, 0.3) is 0 Å². The molecule has 0 saturated carbocycles. The van der Waals surface area contributed by atoms with Crippen LogP contribution in [0, 0.1) is 0 Å². The molecule has 0 aliphatic rings. The van der Waals surface area contributed by atoms with E-state index in [1.54, 1.807) is 0 Å². The highest BCUT2D eigenvalue weighted by Crippen LogP contribution is 2.34. The second-order valence-electron chi connectivity index (χ2n) is 8.90. The maximum absolute atomic E-state index is 13.0. The molecule has 39 heavy (non-hydrogen) atoms. The molecule has 0 unspecified atom stereocenters. The first-order chi connectivity index (χ1) is 17.8. The second kappa shape index (κ2) is 10.3. The lowest BCUT2D eigenvalue weighted by Gasteiger charge is -2.24. The van der Waals surface area contributed by atoms with Gasteiger partial charge in [0.1, 0.15) is 4.75 Å².